The fourth-order valence-corrected chi connectivity index (χ4v) is 7.28. The Labute approximate surface area is 268 Å². The van der Waals surface area contributed by atoms with Crippen LogP contribution in [0.4, 0.5) is 13.2 Å². The highest BCUT2D eigenvalue weighted by Gasteiger charge is 2.72. The Hall–Kier alpha value is -2.51. The molecule has 3 aromatic rings. The number of piperidine rings is 1. The second-order valence-corrected chi connectivity index (χ2v) is 13.1. The van der Waals surface area contributed by atoms with Crippen molar-refractivity contribution in [1.29, 1.82) is 0 Å². The third-order valence-corrected chi connectivity index (χ3v) is 9.58. The van der Waals surface area contributed by atoms with E-state index in [1.165, 1.54) is 29.4 Å². The number of thiophene rings is 1. The number of nitrogens with zero attached hydrogens (tertiary/aromatic N) is 4. The molecule has 0 radical (unpaired) electrons. The first kappa shape index (κ1) is 35.0. The van der Waals surface area contributed by atoms with Crippen LogP contribution in [-0.4, -0.2) is 56.1 Å². The van der Waals surface area contributed by atoms with E-state index in [1.54, 1.807) is 17.0 Å². The number of carbonyl (C=O) groups is 3. The van der Waals surface area contributed by atoms with Crippen molar-refractivity contribution in [3.8, 4) is 11.3 Å². The number of amides is 3. The molecule has 3 atom stereocenters. The van der Waals surface area contributed by atoms with Crippen LogP contribution in [0.3, 0.4) is 0 Å². The summed E-state index contributed by atoms with van der Waals surface area (Å²) in [5.74, 6) is -1.46. The van der Waals surface area contributed by atoms with Gasteiger partial charge in [-0.15, -0.1) is 48.6 Å². The Bertz CT molecular complexity index is 1600. The minimum Gasteiger partial charge on any atom is -0.337 e. The number of pyridine rings is 2. The molecule has 3 amide bonds. The number of nitrogens with two attached hydrogens (primary N) is 1. The highest BCUT2D eigenvalue weighted by molar-refractivity contribution is 7.19. The average molecular weight is 681 g/mol. The molecule has 8 nitrogen and oxygen atoms in total. The van der Waals surface area contributed by atoms with Crippen LogP contribution in [0.15, 0.2) is 24.4 Å². The van der Waals surface area contributed by atoms with E-state index >= 15 is 0 Å². The molecule has 3 aliphatic rings. The van der Waals surface area contributed by atoms with E-state index in [0.717, 1.165) is 6.07 Å². The van der Waals surface area contributed by atoms with Crippen molar-refractivity contribution >= 4 is 76.5 Å². The van der Waals surface area contributed by atoms with Gasteiger partial charge < -0.3 is 10.6 Å². The molecule has 2 unspecified atom stereocenters. The number of halogens is 6. The summed E-state index contributed by atoms with van der Waals surface area (Å²) in [7, 11) is 0. The first-order valence-electron chi connectivity index (χ1n) is 13.0. The van der Waals surface area contributed by atoms with Crippen LogP contribution in [0.1, 0.15) is 53.7 Å². The lowest BCUT2D eigenvalue weighted by molar-refractivity contribution is -0.144. The van der Waals surface area contributed by atoms with E-state index in [4.69, 9.17) is 5.73 Å². The monoisotopic (exact) mass is 679 g/mol. The van der Waals surface area contributed by atoms with E-state index in [-0.39, 0.29) is 96.2 Å². The van der Waals surface area contributed by atoms with Gasteiger partial charge in [-0.1, -0.05) is 13.8 Å². The summed E-state index contributed by atoms with van der Waals surface area (Å²) in [6.45, 7) is 7.84. The van der Waals surface area contributed by atoms with Gasteiger partial charge in [-0.3, -0.25) is 24.3 Å². The number of rotatable bonds is 4. The largest absolute Gasteiger partial charge is 0.433 e. The lowest BCUT2D eigenvalue weighted by atomic mass is 9.99. The van der Waals surface area contributed by atoms with Gasteiger partial charge in [0.1, 0.15) is 5.69 Å². The second-order valence-electron chi connectivity index (χ2n) is 12.0. The van der Waals surface area contributed by atoms with Crippen molar-refractivity contribution in [3.63, 3.8) is 0 Å². The van der Waals surface area contributed by atoms with Crippen LogP contribution < -0.4 is 5.73 Å². The highest BCUT2D eigenvalue weighted by Crippen LogP contribution is 2.63. The summed E-state index contributed by atoms with van der Waals surface area (Å²) >= 11 is 1.22. The Morgan fingerprint density at radius 3 is 2.30 bits per heavy atom. The van der Waals surface area contributed by atoms with Crippen molar-refractivity contribution in [2.45, 2.75) is 52.4 Å². The smallest absolute Gasteiger partial charge is 0.337 e. The zero-order chi connectivity index (χ0) is 28.9. The van der Waals surface area contributed by atoms with E-state index in [9.17, 15) is 27.6 Å². The molecule has 3 fully saturated rings. The minimum atomic E-state index is -4.72. The zero-order valence-electron chi connectivity index (χ0n) is 23.7. The van der Waals surface area contributed by atoms with Gasteiger partial charge in [0, 0.05) is 35.3 Å². The number of alkyl halides is 3. The van der Waals surface area contributed by atoms with E-state index in [0.29, 0.717) is 33.6 Å². The molecule has 43 heavy (non-hydrogen) atoms. The predicted molar refractivity (Wildman–Crippen MR) is 164 cm³/mol. The van der Waals surface area contributed by atoms with Gasteiger partial charge >= 0.3 is 6.18 Å². The van der Waals surface area contributed by atoms with Crippen LogP contribution in [0, 0.1) is 24.2 Å². The maximum absolute atomic E-state index is 13.9. The molecule has 234 valence electrons. The molecule has 1 saturated carbocycles. The van der Waals surface area contributed by atoms with Crippen LogP contribution in [0.5, 0.6) is 0 Å². The Kier molecular flexibility index (Phi) is 9.31. The molecule has 2 N–H and O–H groups in total. The maximum Gasteiger partial charge on any atom is 0.433 e. The number of hydrogen-bond acceptors (Lipinski definition) is 7. The molecular weight excluding hydrogens is 650 g/mol. The molecular formula is C28H31Cl3F3N5O3S. The molecule has 0 aromatic carbocycles. The highest BCUT2D eigenvalue weighted by atomic mass is 35.5. The van der Waals surface area contributed by atoms with Crippen molar-refractivity contribution in [3.05, 3.63) is 46.1 Å². The zero-order valence-corrected chi connectivity index (χ0v) is 26.9. The number of aryl methyl sites for hydroxylation is 1. The van der Waals surface area contributed by atoms with Gasteiger partial charge in [0.2, 0.25) is 11.8 Å². The van der Waals surface area contributed by atoms with Crippen LogP contribution in [0.25, 0.3) is 21.5 Å². The summed E-state index contributed by atoms with van der Waals surface area (Å²) in [5.41, 5.74) is 5.18. The number of carbonyl (C=O) groups excluding carboxylic acids is 3. The van der Waals surface area contributed by atoms with Gasteiger partial charge in [-0.2, -0.15) is 13.2 Å². The van der Waals surface area contributed by atoms with Crippen molar-refractivity contribution in [2.75, 3.05) is 13.1 Å². The molecule has 6 rings (SSSR count). The number of hydrogen-bond donors (Lipinski definition) is 1. The Morgan fingerprint density at radius 1 is 1.12 bits per heavy atom. The summed E-state index contributed by atoms with van der Waals surface area (Å²) in [5, 5.41) is 0. The molecule has 3 aromatic heterocycles. The van der Waals surface area contributed by atoms with E-state index in [1.807, 2.05) is 20.8 Å². The average Bonchev–Trinajstić information content (AvgIpc) is 3.19. The maximum atomic E-state index is 13.9. The van der Waals surface area contributed by atoms with Gasteiger partial charge in [0.25, 0.3) is 5.91 Å². The molecule has 5 heterocycles. The minimum absolute atomic E-state index is 0. The van der Waals surface area contributed by atoms with Gasteiger partial charge in [-0.05, 0) is 49.4 Å². The molecule has 2 saturated heterocycles. The standard InChI is InChI=1S/C28H28F3N5O3S.3ClH/c1-13-9-17(28(29,30)31)34-21(18(13)23(37)35-8-6-27(4,32)12-35)15-5-7-33-16-10-14(40-22(15)16)11-36-24(38)19-20(25(36)39)26(19,2)3;;;/h5,7,9-10,19-20H,6,8,11-12,32H2,1-4H3;3*1H/t19?,20?,27-;;;/m0.../s1. The SMILES string of the molecule is Cc1cc(C(F)(F)F)nc(-c2ccnc3cc(CN4C(=O)C5C(C4=O)C5(C)C)sc23)c1C(=O)N1CC[C@](C)(N)C1.Cl.Cl.Cl. The van der Waals surface area contributed by atoms with Crippen LogP contribution in [0.2, 0.25) is 0 Å². The lowest BCUT2D eigenvalue weighted by Crippen LogP contribution is -2.41. The normalized spacial score (nSPS) is 23.9. The first-order chi connectivity index (χ1) is 18.6. The number of aromatic nitrogens is 2. The fraction of sp³-hybridized carbons (Fsp3) is 0.464. The number of likely N-dealkylation sites (tertiary alicyclic amines) is 2. The Balaban J connectivity index is 0.00000169. The molecule has 0 spiro atoms. The van der Waals surface area contributed by atoms with Gasteiger partial charge in [0.05, 0.1) is 39.9 Å². The number of fused-ring (bicyclic) bond motifs is 2. The molecule has 2 aliphatic heterocycles. The summed E-state index contributed by atoms with van der Waals surface area (Å²) in [6, 6.07) is 4.16. The van der Waals surface area contributed by atoms with Crippen molar-refractivity contribution < 1.29 is 27.6 Å². The van der Waals surface area contributed by atoms with Gasteiger partial charge in [0.15, 0.2) is 0 Å². The topological polar surface area (TPSA) is 109 Å². The van der Waals surface area contributed by atoms with Crippen LogP contribution >= 0.6 is 48.6 Å². The lowest BCUT2D eigenvalue weighted by Gasteiger charge is -2.23. The molecule has 15 heteroatoms. The van der Waals surface area contributed by atoms with Gasteiger partial charge in [-0.25, -0.2) is 4.98 Å². The second kappa shape index (κ2) is 11.4. The summed E-state index contributed by atoms with van der Waals surface area (Å²) < 4.78 is 42.1. The Morgan fingerprint density at radius 2 is 1.74 bits per heavy atom. The quantitative estimate of drug-likeness (QED) is 0.357. The summed E-state index contributed by atoms with van der Waals surface area (Å²) in [4.78, 5) is 51.2. The van der Waals surface area contributed by atoms with Crippen molar-refractivity contribution in [1.82, 2.24) is 19.8 Å². The number of imide groups is 1. The molecule has 0 bridgehead atoms. The van der Waals surface area contributed by atoms with Crippen molar-refractivity contribution in [2.24, 2.45) is 23.0 Å². The first-order valence-corrected chi connectivity index (χ1v) is 13.8. The predicted octanol–water partition coefficient (Wildman–Crippen LogP) is 5.66. The fourth-order valence-electron chi connectivity index (χ4n) is 6.17. The third kappa shape index (κ3) is 5.72. The van der Waals surface area contributed by atoms with Crippen LogP contribution in [-0.2, 0) is 22.3 Å². The third-order valence-electron chi connectivity index (χ3n) is 8.44. The summed E-state index contributed by atoms with van der Waals surface area (Å²) in [6.07, 6.45) is -2.69. The van der Waals surface area contributed by atoms with E-state index < -0.39 is 23.3 Å². The molecule has 1 aliphatic carbocycles. The van der Waals surface area contributed by atoms with E-state index in [2.05, 4.69) is 9.97 Å².